The lowest BCUT2D eigenvalue weighted by Gasteiger charge is -2.18. The van der Waals surface area contributed by atoms with Gasteiger partial charge in [-0.2, -0.15) is 0 Å². The molecule has 1 fully saturated rings. The Balaban J connectivity index is 1.84. The summed E-state index contributed by atoms with van der Waals surface area (Å²) in [5.41, 5.74) is 6.65. The highest BCUT2D eigenvalue weighted by molar-refractivity contribution is 5.93. The van der Waals surface area contributed by atoms with Crippen LogP contribution < -0.4 is 11.1 Å². The van der Waals surface area contributed by atoms with E-state index in [0.717, 1.165) is 18.4 Å². The highest BCUT2D eigenvalue weighted by Crippen LogP contribution is 2.22. The minimum Gasteiger partial charge on any atom is -0.369 e. The number of nitrogens with two attached hydrogens (primary N) is 1. The normalized spacial score (nSPS) is 16.6. The quantitative estimate of drug-likeness (QED) is 0.840. The topological polar surface area (TPSA) is 81.4 Å². The molecule has 0 heterocycles. The van der Waals surface area contributed by atoms with Crippen molar-refractivity contribution in [3.05, 3.63) is 29.8 Å². The first-order valence-electron chi connectivity index (χ1n) is 7.38. The number of carbonyl (C=O) groups excluding carboxylic acids is 2. The molecule has 1 unspecified atom stereocenters. The molecule has 5 nitrogen and oxygen atoms in total. The number of primary amides is 1. The predicted molar refractivity (Wildman–Crippen MR) is 80.8 cm³/mol. The fourth-order valence-corrected chi connectivity index (χ4v) is 2.53. The number of hydrogen-bond donors (Lipinski definition) is 2. The van der Waals surface area contributed by atoms with Crippen molar-refractivity contribution in [2.45, 2.75) is 51.2 Å². The zero-order valence-corrected chi connectivity index (χ0v) is 12.3. The van der Waals surface area contributed by atoms with Crippen LogP contribution in [0, 0.1) is 0 Å². The first kappa shape index (κ1) is 15.5. The molecule has 1 saturated carbocycles. The summed E-state index contributed by atoms with van der Waals surface area (Å²) in [6, 6.07) is 7.09. The maximum atomic E-state index is 12.1. The van der Waals surface area contributed by atoms with Crippen LogP contribution in [0.1, 0.15) is 38.2 Å². The van der Waals surface area contributed by atoms with Gasteiger partial charge < -0.3 is 15.8 Å². The van der Waals surface area contributed by atoms with Gasteiger partial charge in [0.05, 0.1) is 12.5 Å². The van der Waals surface area contributed by atoms with Crippen molar-refractivity contribution in [1.29, 1.82) is 0 Å². The van der Waals surface area contributed by atoms with E-state index in [4.69, 9.17) is 10.5 Å². The van der Waals surface area contributed by atoms with E-state index in [2.05, 4.69) is 5.32 Å². The van der Waals surface area contributed by atoms with Crippen LogP contribution in [0.15, 0.2) is 24.3 Å². The average Bonchev–Trinajstić information content (AvgIpc) is 2.93. The summed E-state index contributed by atoms with van der Waals surface area (Å²) in [6.07, 6.45) is 4.40. The third-order valence-corrected chi connectivity index (χ3v) is 3.67. The Hall–Kier alpha value is -1.88. The molecule has 0 saturated heterocycles. The molecule has 0 aliphatic heterocycles. The van der Waals surface area contributed by atoms with Crippen molar-refractivity contribution in [2.24, 2.45) is 5.73 Å². The van der Waals surface area contributed by atoms with E-state index in [1.165, 1.54) is 12.8 Å². The maximum Gasteiger partial charge on any atom is 0.253 e. The van der Waals surface area contributed by atoms with Crippen LogP contribution in [-0.4, -0.2) is 24.0 Å². The third kappa shape index (κ3) is 4.86. The molecule has 0 radical (unpaired) electrons. The van der Waals surface area contributed by atoms with Crippen molar-refractivity contribution >= 4 is 17.5 Å². The van der Waals surface area contributed by atoms with Gasteiger partial charge in [-0.25, -0.2) is 0 Å². The second kappa shape index (κ2) is 7.22. The minimum atomic E-state index is -0.460. The van der Waals surface area contributed by atoms with Gasteiger partial charge in [0, 0.05) is 5.69 Å². The Labute approximate surface area is 124 Å². The molecule has 5 heteroatoms. The molecule has 1 aliphatic rings. The first-order chi connectivity index (χ1) is 10.0. The molecule has 2 amide bonds. The average molecular weight is 290 g/mol. The van der Waals surface area contributed by atoms with Crippen LogP contribution in [0.5, 0.6) is 0 Å². The van der Waals surface area contributed by atoms with E-state index in [0.29, 0.717) is 5.69 Å². The van der Waals surface area contributed by atoms with Crippen molar-refractivity contribution in [3.63, 3.8) is 0 Å². The number of carbonyl (C=O) groups is 2. The van der Waals surface area contributed by atoms with Gasteiger partial charge in [-0.15, -0.1) is 0 Å². The number of amides is 2. The highest BCUT2D eigenvalue weighted by Gasteiger charge is 2.22. The van der Waals surface area contributed by atoms with E-state index < -0.39 is 6.10 Å². The summed E-state index contributed by atoms with van der Waals surface area (Å²) in [4.78, 5) is 22.9. The first-order valence-corrected chi connectivity index (χ1v) is 7.38. The molecule has 21 heavy (non-hydrogen) atoms. The Bertz CT molecular complexity index is 493. The second-order valence-corrected chi connectivity index (χ2v) is 5.51. The summed E-state index contributed by atoms with van der Waals surface area (Å²) in [6.45, 7) is 1.77. The maximum absolute atomic E-state index is 12.1. The van der Waals surface area contributed by atoms with Crippen LogP contribution in [0.2, 0.25) is 0 Å². The van der Waals surface area contributed by atoms with Crippen LogP contribution in [-0.2, 0) is 20.7 Å². The molecular formula is C16H22N2O3. The smallest absolute Gasteiger partial charge is 0.253 e. The number of rotatable bonds is 6. The molecule has 0 spiro atoms. The van der Waals surface area contributed by atoms with Gasteiger partial charge in [0.2, 0.25) is 5.91 Å². The summed E-state index contributed by atoms with van der Waals surface area (Å²) >= 11 is 0. The predicted octanol–water partition coefficient (Wildman–Crippen LogP) is 2.00. The van der Waals surface area contributed by atoms with E-state index in [9.17, 15) is 9.59 Å². The van der Waals surface area contributed by atoms with Gasteiger partial charge >= 0.3 is 0 Å². The number of anilines is 1. The van der Waals surface area contributed by atoms with Gasteiger partial charge in [0.15, 0.2) is 0 Å². The van der Waals surface area contributed by atoms with Crippen LogP contribution in [0.3, 0.4) is 0 Å². The van der Waals surface area contributed by atoms with E-state index in [1.807, 2.05) is 0 Å². The summed E-state index contributed by atoms with van der Waals surface area (Å²) in [7, 11) is 0. The standard InChI is InChI=1S/C16H22N2O3/c1-11(21-14-4-2-3-5-14)16(20)18-13-8-6-12(7-9-13)10-15(17)19/h6-9,11,14H,2-5,10H2,1H3,(H2,17,19)(H,18,20). The van der Waals surface area contributed by atoms with Crippen molar-refractivity contribution in [2.75, 3.05) is 5.32 Å². The number of benzene rings is 1. The largest absolute Gasteiger partial charge is 0.369 e. The van der Waals surface area contributed by atoms with E-state index in [1.54, 1.807) is 31.2 Å². The Morgan fingerprint density at radius 1 is 1.29 bits per heavy atom. The monoisotopic (exact) mass is 290 g/mol. The summed E-state index contributed by atoms with van der Waals surface area (Å²) in [5.74, 6) is -0.519. The van der Waals surface area contributed by atoms with Crippen LogP contribution in [0.25, 0.3) is 0 Å². The SMILES string of the molecule is CC(OC1CCCC1)C(=O)Nc1ccc(CC(N)=O)cc1. The van der Waals surface area contributed by atoms with Gasteiger partial charge in [-0.1, -0.05) is 25.0 Å². The molecule has 2 rings (SSSR count). The Morgan fingerprint density at radius 3 is 2.48 bits per heavy atom. The lowest BCUT2D eigenvalue weighted by atomic mass is 10.1. The van der Waals surface area contributed by atoms with Crippen molar-refractivity contribution in [1.82, 2.24) is 0 Å². The van der Waals surface area contributed by atoms with Gasteiger partial charge in [0.25, 0.3) is 5.91 Å². The zero-order chi connectivity index (χ0) is 15.2. The number of hydrogen-bond acceptors (Lipinski definition) is 3. The van der Waals surface area contributed by atoms with Crippen molar-refractivity contribution < 1.29 is 14.3 Å². The Morgan fingerprint density at radius 2 is 1.90 bits per heavy atom. The highest BCUT2D eigenvalue weighted by atomic mass is 16.5. The van der Waals surface area contributed by atoms with E-state index >= 15 is 0 Å². The fourth-order valence-electron chi connectivity index (χ4n) is 2.53. The molecule has 3 N–H and O–H groups in total. The second-order valence-electron chi connectivity index (χ2n) is 5.51. The molecular weight excluding hydrogens is 268 g/mol. The molecule has 1 atom stereocenters. The van der Waals surface area contributed by atoms with Gasteiger partial charge in [-0.05, 0) is 37.5 Å². The molecule has 0 aromatic heterocycles. The molecule has 114 valence electrons. The van der Waals surface area contributed by atoms with Crippen LogP contribution in [0.4, 0.5) is 5.69 Å². The minimum absolute atomic E-state index is 0.149. The third-order valence-electron chi connectivity index (χ3n) is 3.67. The molecule has 1 aromatic rings. The summed E-state index contributed by atoms with van der Waals surface area (Å²) in [5, 5.41) is 2.82. The number of ether oxygens (including phenoxy) is 1. The Kier molecular flexibility index (Phi) is 5.33. The number of nitrogens with one attached hydrogen (secondary N) is 1. The molecule has 0 bridgehead atoms. The lowest BCUT2D eigenvalue weighted by molar-refractivity contribution is -0.129. The lowest BCUT2D eigenvalue weighted by Crippen LogP contribution is -2.30. The molecule has 1 aliphatic carbocycles. The fraction of sp³-hybridized carbons (Fsp3) is 0.500. The van der Waals surface area contributed by atoms with Crippen molar-refractivity contribution in [3.8, 4) is 0 Å². The van der Waals surface area contributed by atoms with E-state index in [-0.39, 0.29) is 24.3 Å². The van der Waals surface area contributed by atoms with Gasteiger partial charge in [0.1, 0.15) is 6.10 Å². The molecule has 1 aromatic carbocycles. The zero-order valence-electron chi connectivity index (χ0n) is 12.3. The summed E-state index contributed by atoms with van der Waals surface area (Å²) < 4.78 is 5.75. The van der Waals surface area contributed by atoms with Gasteiger partial charge in [-0.3, -0.25) is 9.59 Å². The van der Waals surface area contributed by atoms with Crippen LogP contribution >= 0.6 is 0 Å².